The van der Waals surface area contributed by atoms with Gasteiger partial charge in [0.1, 0.15) is 0 Å². The largest absolute Gasteiger partial charge is 0.0680 e. The molecule has 1 rings (SSSR count). The highest BCUT2D eigenvalue weighted by molar-refractivity contribution is 6.67. The van der Waals surface area contributed by atoms with E-state index in [0.29, 0.717) is 0 Å². The van der Waals surface area contributed by atoms with Crippen LogP contribution >= 0.6 is 0 Å². The predicted molar refractivity (Wildman–Crippen MR) is 128 cm³/mol. The maximum absolute atomic E-state index is 2.53. The van der Waals surface area contributed by atoms with Crippen LogP contribution in [0.4, 0.5) is 0 Å². The first-order valence-electron chi connectivity index (χ1n) is 11.7. The summed E-state index contributed by atoms with van der Waals surface area (Å²) in [5.74, 6) is 0. The second kappa shape index (κ2) is 15.7. The Morgan fingerprint density at radius 2 is 1.00 bits per heavy atom. The summed E-state index contributed by atoms with van der Waals surface area (Å²) < 4.78 is 0. The molecule has 0 aliphatic carbocycles. The van der Waals surface area contributed by atoms with Gasteiger partial charge in [-0.25, -0.2) is 0 Å². The number of hydrogen-bond acceptors (Lipinski definition) is 0. The van der Waals surface area contributed by atoms with Crippen molar-refractivity contribution in [2.45, 2.75) is 116 Å². The highest BCUT2D eigenvalue weighted by Crippen LogP contribution is 2.16. The predicted octanol–water partition coefficient (Wildman–Crippen LogP) is 5.61. The third kappa shape index (κ3) is 11.4. The Morgan fingerprint density at radius 1 is 0.615 bits per heavy atom. The molecule has 0 aliphatic rings. The molecule has 1 aromatic carbocycles. The minimum atomic E-state index is -0.0941. The lowest BCUT2D eigenvalue weighted by molar-refractivity contribution is 0.600. The van der Waals surface area contributed by atoms with E-state index in [1.165, 1.54) is 77.0 Å². The summed E-state index contributed by atoms with van der Waals surface area (Å²) in [6.07, 6.45) is 17.2. The Bertz CT molecular complexity index is 403. The topological polar surface area (TPSA) is 0 Å². The molecule has 0 spiro atoms. The van der Waals surface area contributed by atoms with Crippen LogP contribution in [0.3, 0.4) is 0 Å². The van der Waals surface area contributed by atoms with E-state index < -0.39 is 0 Å². The lowest BCUT2D eigenvalue weighted by Crippen LogP contribution is -2.38. The Labute approximate surface area is 169 Å². The van der Waals surface area contributed by atoms with Gasteiger partial charge in [-0.1, -0.05) is 139 Å². The maximum Gasteiger partial charge on any atom is 0.0573 e. The minimum absolute atomic E-state index is 0.0941. The molecule has 0 saturated heterocycles. The summed E-state index contributed by atoms with van der Waals surface area (Å²) >= 11 is 0. The number of benzene rings is 1. The molecule has 2 atom stereocenters. The van der Waals surface area contributed by atoms with Crippen molar-refractivity contribution >= 4 is 29.4 Å². The quantitative estimate of drug-likeness (QED) is 0.254. The van der Waals surface area contributed by atoms with E-state index in [-0.39, 0.29) is 19.0 Å². The van der Waals surface area contributed by atoms with Crippen molar-refractivity contribution in [1.29, 1.82) is 0 Å². The zero-order valence-electron chi connectivity index (χ0n) is 18.4. The third-order valence-electron chi connectivity index (χ3n) is 5.86. The van der Waals surface area contributed by atoms with Crippen molar-refractivity contribution in [2.75, 3.05) is 0 Å². The molecule has 0 heterocycles. The van der Waals surface area contributed by atoms with E-state index in [1.807, 2.05) is 10.4 Å². The standard InChI is InChI=1S/C24H46Si2/c1-5-7-9-11-13-17-21(3)25-23-19-15-16-20-24(23)26-22(4)18-14-12-10-8-6-2/h15-16,19-22H,5-14,17-18,25-26H2,1-4H3. The molecule has 150 valence electrons. The first-order chi connectivity index (χ1) is 12.7. The Morgan fingerprint density at radius 3 is 1.38 bits per heavy atom. The molecule has 2 heteroatoms. The van der Waals surface area contributed by atoms with Crippen LogP contribution in [0.15, 0.2) is 24.3 Å². The van der Waals surface area contributed by atoms with E-state index in [2.05, 4.69) is 52.0 Å². The molecule has 0 saturated carbocycles. The molecule has 0 aliphatic heterocycles. The summed E-state index contributed by atoms with van der Waals surface area (Å²) in [6, 6.07) is 9.56. The molecule has 0 fully saturated rings. The van der Waals surface area contributed by atoms with E-state index in [1.54, 1.807) is 0 Å². The van der Waals surface area contributed by atoms with E-state index in [4.69, 9.17) is 0 Å². The van der Waals surface area contributed by atoms with Gasteiger partial charge >= 0.3 is 0 Å². The zero-order valence-corrected chi connectivity index (χ0v) is 21.2. The van der Waals surface area contributed by atoms with Gasteiger partial charge in [0.2, 0.25) is 0 Å². The highest BCUT2D eigenvalue weighted by Gasteiger charge is 2.11. The second-order valence-corrected chi connectivity index (χ2v) is 13.9. The number of hydrogen-bond donors (Lipinski definition) is 0. The molecular formula is C24H46Si2. The molecule has 0 radical (unpaired) electrons. The molecule has 0 bridgehead atoms. The number of unbranched alkanes of at least 4 members (excludes halogenated alkanes) is 8. The van der Waals surface area contributed by atoms with Gasteiger partial charge in [0.05, 0.1) is 19.0 Å². The summed E-state index contributed by atoms with van der Waals surface area (Å²) in [7, 11) is -0.188. The van der Waals surface area contributed by atoms with Gasteiger partial charge in [-0.05, 0) is 11.1 Å². The van der Waals surface area contributed by atoms with Crippen LogP contribution in [-0.4, -0.2) is 19.0 Å². The van der Waals surface area contributed by atoms with Crippen LogP contribution < -0.4 is 10.4 Å². The monoisotopic (exact) mass is 390 g/mol. The Kier molecular flexibility index (Phi) is 14.3. The van der Waals surface area contributed by atoms with Gasteiger partial charge in [0.15, 0.2) is 0 Å². The average molecular weight is 391 g/mol. The van der Waals surface area contributed by atoms with E-state index >= 15 is 0 Å². The average Bonchev–Trinajstić information content (AvgIpc) is 2.63. The Balaban J connectivity index is 2.36. The normalized spacial score (nSPS) is 14.6. The molecule has 0 nitrogen and oxygen atoms in total. The smallest absolute Gasteiger partial charge is 0.0573 e. The molecule has 26 heavy (non-hydrogen) atoms. The van der Waals surface area contributed by atoms with Crippen molar-refractivity contribution in [3.8, 4) is 0 Å². The molecule has 0 N–H and O–H groups in total. The lowest BCUT2D eigenvalue weighted by atomic mass is 10.1. The van der Waals surface area contributed by atoms with Crippen LogP contribution in [0.25, 0.3) is 0 Å². The fourth-order valence-electron chi connectivity index (χ4n) is 4.10. The van der Waals surface area contributed by atoms with Crippen LogP contribution in [-0.2, 0) is 0 Å². The van der Waals surface area contributed by atoms with Crippen molar-refractivity contribution < 1.29 is 0 Å². The first kappa shape index (κ1) is 23.7. The number of rotatable bonds is 16. The fourth-order valence-corrected chi connectivity index (χ4v) is 8.76. The summed E-state index contributed by atoms with van der Waals surface area (Å²) in [4.78, 5) is 0. The second-order valence-electron chi connectivity index (χ2n) is 8.79. The molecule has 2 unspecified atom stereocenters. The SMILES string of the molecule is CCCCCCCC(C)[SiH2]c1ccccc1[SiH2]C(C)CCCCCCC. The van der Waals surface area contributed by atoms with Crippen molar-refractivity contribution in [2.24, 2.45) is 0 Å². The van der Waals surface area contributed by atoms with Gasteiger partial charge in [0.25, 0.3) is 0 Å². The van der Waals surface area contributed by atoms with Gasteiger partial charge in [-0.2, -0.15) is 0 Å². The van der Waals surface area contributed by atoms with E-state index in [9.17, 15) is 0 Å². The molecule has 0 amide bonds. The first-order valence-corrected chi connectivity index (χ1v) is 14.8. The van der Waals surface area contributed by atoms with Gasteiger partial charge < -0.3 is 0 Å². The molecule has 1 aromatic rings. The minimum Gasteiger partial charge on any atom is -0.0680 e. The fraction of sp³-hybridized carbons (Fsp3) is 0.750. The summed E-state index contributed by atoms with van der Waals surface area (Å²) in [6.45, 7) is 9.67. The summed E-state index contributed by atoms with van der Waals surface area (Å²) in [5.41, 5.74) is 1.97. The van der Waals surface area contributed by atoms with Crippen molar-refractivity contribution in [3.63, 3.8) is 0 Å². The Hall–Kier alpha value is -0.346. The third-order valence-corrected chi connectivity index (χ3v) is 10.8. The maximum atomic E-state index is 2.53. The van der Waals surface area contributed by atoms with Crippen LogP contribution in [0.1, 0.15) is 105 Å². The van der Waals surface area contributed by atoms with Gasteiger partial charge in [0, 0.05) is 0 Å². The molecule has 0 aromatic heterocycles. The van der Waals surface area contributed by atoms with Crippen LogP contribution in [0.5, 0.6) is 0 Å². The van der Waals surface area contributed by atoms with Gasteiger partial charge in [-0.3, -0.25) is 0 Å². The summed E-state index contributed by atoms with van der Waals surface area (Å²) in [5, 5.41) is 3.64. The van der Waals surface area contributed by atoms with Crippen molar-refractivity contribution in [1.82, 2.24) is 0 Å². The van der Waals surface area contributed by atoms with Crippen LogP contribution in [0, 0.1) is 0 Å². The van der Waals surface area contributed by atoms with Crippen molar-refractivity contribution in [3.05, 3.63) is 24.3 Å². The van der Waals surface area contributed by atoms with E-state index in [0.717, 1.165) is 11.1 Å². The van der Waals surface area contributed by atoms with Crippen LogP contribution in [0.2, 0.25) is 11.1 Å². The zero-order chi connectivity index (χ0) is 19.0. The van der Waals surface area contributed by atoms with Gasteiger partial charge in [-0.15, -0.1) is 0 Å². The highest BCUT2D eigenvalue weighted by atomic mass is 28.2. The molecular weight excluding hydrogens is 344 g/mol. The lowest BCUT2D eigenvalue weighted by Gasteiger charge is -2.17.